The molecule has 0 spiro atoms. The Balaban J connectivity index is 4.27. The summed E-state index contributed by atoms with van der Waals surface area (Å²) in [6.45, 7) is 11.4. The van der Waals surface area contributed by atoms with E-state index >= 15 is 0 Å². The van der Waals surface area contributed by atoms with Gasteiger partial charge in [-0.3, -0.25) is 14.4 Å². The van der Waals surface area contributed by atoms with Crippen molar-refractivity contribution in [2.75, 3.05) is 13.2 Å². The minimum absolute atomic E-state index is 0.0620. The molecular weight excluding hydrogens is 841 g/mol. The van der Waals surface area contributed by atoms with E-state index in [0.717, 1.165) is 69.6 Å². The number of ether oxygens (including phenoxy) is 3. The van der Waals surface area contributed by atoms with Gasteiger partial charge in [0.1, 0.15) is 13.2 Å². The number of esters is 3. The molecule has 0 amide bonds. The molecule has 68 heavy (non-hydrogen) atoms. The predicted octanol–water partition coefficient (Wildman–Crippen LogP) is 20.4. The van der Waals surface area contributed by atoms with Crippen molar-refractivity contribution in [3.63, 3.8) is 0 Å². The topological polar surface area (TPSA) is 78.9 Å². The molecule has 0 aromatic carbocycles. The minimum atomic E-state index is -0.763. The van der Waals surface area contributed by atoms with E-state index in [1.807, 2.05) is 0 Å². The van der Waals surface area contributed by atoms with Crippen LogP contribution < -0.4 is 0 Å². The molecule has 0 aromatic rings. The highest BCUT2D eigenvalue weighted by molar-refractivity contribution is 5.71. The first kappa shape index (κ1) is 66.4. The molecule has 404 valence electrons. The van der Waals surface area contributed by atoms with Crippen molar-refractivity contribution in [1.29, 1.82) is 0 Å². The molecule has 1 atom stereocenters. The predicted molar refractivity (Wildman–Crippen MR) is 293 cm³/mol. The summed E-state index contributed by atoms with van der Waals surface area (Å²) in [6, 6.07) is 0. The van der Waals surface area contributed by atoms with Crippen LogP contribution >= 0.6 is 0 Å². The van der Waals surface area contributed by atoms with E-state index in [1.165, 1.54) is 238 Å². The molecule has 0 fully saturated rings. The number of carbonyl (C=O) groups is 3. The Morgan fingerprint density at radius 3 is 0.721 bits per heavy atom. The van der Waals surface area contributed by atoms with Crippen molar-refractivity contribution in [1.82, 2.24) is 0 Å². The molecule has 0 aromatic heterocycles. The highest BCUT2D eigenvalue weighted by atomic mass is 16.6. The molecule has 0 unspecified atom stereocenters. The molecular formula is C62H120O6. The van der Waals surface area contributed by atoms with Crippen LogP contribution in [0.3, 0.4) is 0 Å². The van der Waals surface area contributed by atoms with Crippen LogP contribution in [0.1, 0.15) is 349 Å². The maximum absolute atomic E-state index is 12.9. The second-order valence-corrected chi connectivity index (χ2v) is 22.3. The molecule has 6 nitrogen and oxygen atoms in total. The van der Waals surface area contributed by atoms with Gasteiger partial charge in [0.2, 0.25) is 0 Å². The van der Waals surface area contributed by atoms with E-state index in [2.05, 4.69) is 34.6 Å². The van der Waals surface area contributed by atoms with Crippen LogP contribution in [-0.4, -0.2) is 37.2 Å². The normalized spacial score (nSPS) is 12.0. The smallest absolute Gasteiger partial charge is 0.306 e. The van der Waals surface area contributed by atoms with Gasteiger partial charge in [-0.15, -0.1) is 0 Å². The van der Waals surface area contributed by atoms with Gasteiger partial charge in [-0.25, -0.2) is 0 Å². The van der Waals surface area contributed by atoms with Crippen LogP contribution in [0.5, 0.6) is 0 Å². The van der Waals surface area contributed by atoms with Crippen molar-refractivity contribution >= 4 is 17.9 Å². The fourth-order valence-corrected chi connectivity index (χ4v) is 9.58. The van der Waals surface area contributed by atoms with Gasteiger partial charge in [0.25, 0.3) is 0 Å². The van der Waals surface area contributed by atoms with Gasteiger partial charge in [0.05, 0.1) is 0 Å². The average Bonchev–Trinajstić information content (AvgIpc) is 3.31. The Kier molecular flexibility index (Phi) is 53.5. The highest BCUT2D eigenvalue weighted by Crippen LogP contribution is 2.19. The van der Waals surface area contributed by atoms with E-state index in [0.29, 0.717) is 19.3 Å². The first-order chi connectivity index (χ1) is 33.2. The maximum atomic E-state index is 12.9. The Labute approximate surface area is 425 Å². The fraction of sp³-hybridized carbons (Fsp3) is 0.952. The number of hydrogen-bond acceptors (Lipinski definition) is 6. The van der Waals surface area contributed by atoms with Crippen LogP contribution in [-0.2, 0) is 28.6 Å². The van der Waals surface area contributed by atoms with E-state index in [-0.39, 0.29) is 31.1 Å². The summed E-state index contributed by atoms with van der Waals surface area (Å²) in [4.78, 5) is 38.2. The minimum Gasteiger partial charge on any atom is -0.462 e. The van der Waals surface area contributed by atoms with Gasteiger partial charge in [-0.05, 0) is 31.1 Å². The Morgan fingerprint density at radius 1 is 0.279 bits per heavy atom. The molecule has 0 aliphatic rings. The fourth-order valence-electron chi connectivity index (χ4n) is 9.58. The maximum Gasteiger partial charge on any atom is 0.306 e. The third kappa shape index (κ3) is 55.3. The van der Waals surface area contributed by atoms with Crippen LogP contribution in [0, 0.1) is 11.8 Å². The summed E-state index contributed by atoms with van der Waals surface area (Å²) in [5.74, 6) is 0.867. The van der Waals surface area contributed by atoms with E-state index < -0.39 is 6.10 Å². The quantitative estimate of drug-likeness (QED) is 0.0343. The summed E-state index contributed by atoms with van der Waals surface area (Å²) < 4.78 is 16.9. The van der Waals surface area contributed by atoms with Gasteiger partial charge in [0, 0.05) is 19.3 Å². The van der Waals surface area contributed by atoms with Crippen molar-refractivity contribution < 1.29 is 28.6 Å². The second kappa shape index (κ2) is 54.7. The third-order valence-electron chi connectivity index (χ3n) is 14.2. The molecule has 6 heteroatoms. The van der Waals surface area contributed by atoms with E-state index in [4.69, 9.17) is 14.2 Å². The molecule has 0 bridgehead atoms. The average molecular weight is 962 g/mol. The molecule has 0 aliphatic carbocycles. The number of hydrogen-bond donors (Lipinski definition) is 0. The monoisotopic (exact) mass is 961 g/mol. The van der Waals surface area contributed by atoms with Gasteiger partial charge in [0.15, 0.2) is 6.10 Å². The lowest BCUT2D eigenvalue weighted by Gasteiger charge is -2.18. The highest BCUT2D eigenvalue weighted by Gasteiger charge is 2.19. The number of rotatable bonds is 56. The van der Waals surface area contributed by atoms with Crippen LogP contribution in [0.4, 0.5) is 0 Å². The molecule has 0 N–H and O–H groups in total. The summed E-state index contributed by atoms with van der Waals surface area (Å²) in [5.41, 5.74) is 0. The van der Waals surface area contributed by atoms with Crippen molar-refractivity contribution in [3.8, 4) is 0 Å². The first-order valence-electron chi connectivity index (χ1n) is 30.7. The lowest BCUT2D eigenvalue weighted by Crippen LogP contribution is -2.30. The molecule has 0 rings (SSSR count). The van der Waals surface area contributed by atoms with Crippen LogP contribution in [0.25, 0.3) is 0 Å². The number of unbranched alkanes of at least 4 members (excludes halogenated alkanes) is 41. The molecule has 0 radical (unpaired) electrons. The van der Waals surface area contributed by atoms with E-state index in [1.54, 1.807) is 0 Å². The zero-order valence-electron chi connectivity index (χ0n) is 46.7. The summed E-state index contributed by atoms with van der Waals surface area (Å²) >= 11 is 0. The summed E-state index contributed by atoms with van der Waals surface area (Å²) in [7, 11) is 0. The third-order valence-corrected chi connectivity index (χ3v) is 14.2. The Bertz CT molecular complexity index is 1040. The lowest BCUT2D eigenvalue weighted by molar-refractivity contribution is -0.167. The van der Waals surface area contributed by atoms with Gasteiger partial charge < -0.3 is 14.2 Å². The first-order valence-corrected chi connectivity index (χ1v) is 30.7. The van der Waals surface area contributed by atoms with Crippen LogP contribution in [0.2, 0.25) is 0 Å². The van der Waals surface area contributed by atoms with Crippen molar-refractivity contribution in [2.45, 2.75) is 355 Å². The number of carbonyl (C=O) groups excluding carboxylic acids is 3. The molecule has 0 saturated carbocycles. The Hall–Kier alpha value is -1.59. The van der Waals surface area contributed by atoms with Gasteiger partial charge in [-0.1, -0.05) is 311 Å². The summed E-state index contributed by atoms with van der Waals surface area (Å²) in [5, 5.41) is 0. The Morgan fingerprint density at radius 2 is 0.485 bits per heavy atom. The largest absolute Gasteiger partial charge is 0.462 e. The molecule has 0 heterocycles. The standard InChI is InChI=1S/C62H120O6/c1-6-7-8-9-10-11-12-20-27-32-37-42-47-52-60(63)66-55-59(68-62(65)54-49-44-39-34-29-24-19-15-17-22-26-31-36-41-46-51-58(4)5)56-67-61(64)53-48-43-38-33-28-23-18-14-13-16-21-25-30-35-40-45-50-57(2)3/h57-59H,6-56H2,1-5H3/t59-/m0/s1. The SMILES string of the molecule is CCCCCCCCCCCCCCCC(=O)OC[C@@H](COC(=O)CCCCCCCCCCCCCCCCCCC(C)C)OC(=O)CCCCCCCCCCCCCCCCCC(C)C. The van der Waals surface area contributed by atoms with Crippen LogP contribution in [0.15, 0.2) is 0 Å². The van der Waals surface area contributed by atoms with Crippen molar-refractivity contribution in [2.24, 2.45) is 11.8 Å². The zero-order valence-corrected chi connectivity index (χ0v) is 46.7. The van der Waals surface area contributed by atoms with Gasteiger partial charge in [-0.2, -0.15) is 0 Å². The molecule has 0 aliphatic heterocycles. The van der Waals surface area contributed by atoms with E-state index in [9.17, 15) is 14.4 Å². The molecule has 0 saturated heterocycles. The summed E-state index contributed by atoms with van der Waals surface area (Å²) in [6.07, 6.45) is 59.5. The van der Waals surface area contributed by atoms with Gasteiger partial charge >= 0.3 is 17.9 Å². The zero-order chi connectivity index (χ0) is 49.6. The second-order valence-electron chi connectivity index (χ2n) is 22.3. The van der Waals surface area contributed by atoms with Crippen molar-refractivity contribution in [3.05, 3.63) is 0 Å². The lowest BCUT2D eigenvalue weighted by atomic mass is 10.0.